The molecule has 130 valence electrons. The number of aromatic nitrogens is 2. The number of hydrogen-bond donors (Lipinski definition) is 2. The Morgan fingerprint density at radius 1 is 1.25 bits per heavy atom. The summed E-state index contributed by atoms with van der Waals surface area (Å²) in [5, 5.41) is 20.3. The van der Waals surface area contributed by atoms with Gasteiger partial charge in [-0.25, -0.2) is 9.48 Å². The van der Waals surface area contributed by atoms with E-state index in [1.54, 1.807) is 11.3 Å². The number of aryl methyl sites for hydroxylation is 1. The highest BCUT2D eigenvalue weighted by atomic mass is 35.5. The minimum atomic E-state index is -1.83. The van der Waals surface area contributed by atoms with Gasteiger partial charge in [-0.05, 0) is 25.0 Å². The molecule has 1 aromatic carbocycles. The fourth-order valence-electron chi connectivity index (χ4n) is 2.54. The van der Waals surface area contributed by atoms with Crippen LogP contribution in [0.4, 0.5) is 4.79 Å². The molecule has 6 nitrogen and oxygen atoms in total. The first-order valence-corrected chi connectivity index (χ1v) is 8.91. The van der Waals surface area contributed by atoms with Gasteiger partial charge < -0.3 is 10.2 Å². The van der Waals surface area contributed by atoms with E-state index in [1.807, 2.05) is 36.0 Å². The zero-order valence-electron chi connectivity index (χ0n) is 13.4. The molecule has 1 heterocycles. The first kappa shape index (κ1) is 18.5. The maximum atomic E-state index is 8.56. The van der Waals surface area contributed by atoms with Crippen molar-refractivity contribution in [3.8, 4) is 10.6 Å². The van der Waals surface area contributed by atoms with Gasteiger partial charge in [0.1, 0.15) is 5.01 Å². The van der Waals surface area contributed by atoms with Crippen molar-refractivity contribution >= 4 is 29.1 Å². The Kier molecular flexibility index (Phi) is 6.81. The molecule has 24 heavy (non-hydrogen) atoms. The molecule has 0 amide bonds. The van der Waals surface area contributed by atoms with E-state index in [1.165, 1.54) is 32.1 Å². The van der Waals surface area contributed by atoms with Gasteiger partial charge in [0, 0.05) is 17.6 Å². The fourth-order valence-corrected chi connectivity index (χ4v) is 3.63. The van der Waals surface area contributed by atoms with E-state index in [0.29, 0.717) is 6.04 Å². The summed E-state index contributed by atoms with van der Waals surface area (Å²) < 4.78 is 1.89. The molecule has 0 unspecified atom stereocenters. The average Bonchev–Trinajstić information content (AvgIpc) is 2.89. The topological polar surface area (TPSA) is 87.7 Å². The van der Waals surface area contributed by atoms with Crippen molar-refractivity contribution in [3.63, 3.8) is 0 Å². The van der Waals surface area contributed by atoms with Crippen molar-refractivity contribution in [2.45, 2.75) is 38.1 Å². The number of rotatable bonds is 2. The van der Waals surface area contributed by atoms with Crippen LogP contribution in [0, 0.1) is 0 Å². The van der Waals surface area contributed by atoms with Gasteiger partial charge in [0.15, 0.2) is 0 Å². The van der Waals surface area contributed by atoms with Crippen LogP contribution in [-0.2, 0) is 7.05 Å². The van der Waals surface area contributed by atoms with Gasteiger partial charge in [-0.3, -0.25) is 4.99 Å². The summed E-state index contributed by atoms with van der Waals surface area (Å²) >= 11 is 7.58. The molecule has 0 atom stereocenters. The van der Waals surface area contributed by atoms with Crippen LogP contribution in [0.5, 0.6) is 0 Å². The third-order valence-corrected chi connectivity index (χ3v) is 4.98. The molecule has 1 aliphatic carbocycles. The Hall–Kier alpha value is -1.86. The second-order valence-corrected chi connectivity index (χ2v) is 6.92. The molecule has 0 radical (unpaired) electrons. The maximum absolute atomic E-state index is 8.56. The molecule has 3 rings (SSSR count). The van der Waals surface area contributed by atoms with Crippen molar-refractivity contribution in [1.29, 1.82) is 0 Å². The highest BCUT2D eigenvalue weighted by Crippen LogP contribution is 2.23. The summed E-state index contributed by atoms with van der Waals surface area (Å²) in [5.41, 5.74) is 1.10. The normalized spacial score (nSPS) is 15.7. The molecule has 2 aromatic rings. The van der Waals surface area contributed by atoms with Crippen molar-refractivity contribution in [3.05, 3.63) is 34.1 Å². The highest BCUT2D eigenvalue weighted by Gasteiger charge is 2.13. The lowest BCUT2D eigenvalue weighted by Gasteiger charge is -2.16. The van der Waals surface area contributed by atoms with Gasteiger partial charge in [-0.15, -0.1) is 0 Å². The van der Waals surface area contributed by atoms with E-state index in [4.69, 9.17) is 31.6 Å². The van der Waals surface area contributed by atoms with Gasteiger partial charge in [0.25, 0.3) is 0 Å². The van der Waals surface area contributed by atoms with Gasteiger partial charge in [-0.1, -0.05) is 54.3 Å². The third-order valence-electron chi connectivity index (χ3n) is 3.66. The van der Waals surface area contributed by atoms with Crippen molar-refractivity contribution in [1.82, 2.24) is 9.78 Å². The molecular formula is C16H20ClN3O3S. The number of nitrogens with zero attached hydrogens (tertiary/aromatic N) is 3. The Balaban J connectivity index is 0.000000471. The van der Waals surface area contributed by atoms with Crippen LogP contribution in [-0.4, -0.2) is 32.2 Å². The van der Waals surface area contributed by atoms with Crippen LogP contribution in [0.25, 0.3) is 10.6 Å². The first-order chi connectivity index (χ1) is 11.5. The van der Waals surface area contributed by atoms with Crippen LogP contribution >= 0.6 is 22.9 Å². The van der Waals surface area contributed by atoms with Crippen molar-refractivity contribution in [2.24, 2.45) is 12.0 Å². The summed E-state index contributed by atoms with van der Waals surface area (Å²) in [5.74, 6) is 0. The van der Waals surface area contributed by atoms with Gasteiger partial charge in [-0.2, -0.15) is 5.10 Å². The van der Waals surface area contributed by atoms with Gasteiger partial charge in [0.2, 0.25) is 4.80 Å². The van der Waals surface area contributed by atoms with Crippen LogP contribution in [0.3, 0.4) is 0 Å². The molecule has 1 aromatic heterocycles. The van der Waals surface area contributed by atoms with Crippen LogP contribution in [0.1, 0.15) is 32.1 Å². The predicted octanol–water partition coefficient (Wildman–Crippen LogP) is 4.26. The summed E-state index contributed by atoms with van der Waals surface area (Å²) in [4.78, 5) is 14.4. The van der Waals surface area contributed by atoms with E-state index >= 15 is 0 Å². The standard InChI is InChI=1S/C15H18ClN3S.CH2O3/c1-19-15(17-13-5-3-2-4-6-13)20-14(18-19)11-7-9-12(16)10-8-11;2-1(3)4/h7-10,13H,2-6H2,1H3;(H2,2,3,4). The molecule has 0 spiro atoms. The average molecular weight is 370 g/mol. The molecule has 0 bridgehead atoms. The first-order valence-electron chi connectivity index (χ1n) is 7.71. The lowest BCUT2D eigenvalue weighted by Crippen LogP contribution is -2.18. The SMILES string of the molecule is Cn1nc(-c2ccc(Cl)cc2)sc1=NC1CCCCC1.O=C(O)O. The van der Waals surface area contributed by atoms with Crippen LogP contribution in [0.15, 0.2) is 29.3 Å². The van der Waals surface area contributed by atoms with E-state index in [2.05, 4.69) is 5.10 Å². The predicted molar refractivity (Wildman–Crippen MR) is 94.6 cm³/mol. The van der Waals surface area contributed by atoms with Crippen molar-refractivity contribution < 1.29 is 15.0 Å². The summed E-state index contributed by atoms with van der Waals surface area (Å²) in [6.45, 7) is 0. The molecule has 8 heteroatoms. The molecule has 0 aliphatic heterocycles. The molecule has 1 fully saturated rings. The maximum Gasteiger partial charge on any atom is 0.503 e. The molecule has 2 N–H and O–H groups in total. The number of carbonyl (C=O) groups is 1. The zero-order valence-corrected chi connectivity index (χ0v) is 14.9. The summed E-state index contributed by atoms with van der Waals surface area (Å²) in [7, 11) is 1.97. The fraction of sp³-hybridized carbons (Fsp3) is 0.438. The van der Waals surface area contributed by atoms with E-state index in [9.17, 15) is 0 Å². The summed E-state index contributed by atoms with van der Waals surface area (Å²) in [6.07, 6.45) is 4.57. The smallest absolute Gasteiger partial charge is 0.450 e. The number of hydrogen-bond acceptors (Lipinski definition) is 4. The Morgan fingerprint density at radius 3 is 2.42 bits per heavy atom. The van der Waals surface area contributed by atoms with Crippen LogP contribution in [0.2, 0.25) is 5.02 Å². The van der Waals surface area contributed by atoms with Crippen molar-refractivity contribution in [2.75, 3.05) is 0 Å². The molecular weight excluding hydrogens is 350 g/mol. The number of carboxylic acid groups (broad SMARTS) is 2. The van der Waals surface area contributed by atoms with Gasteiger partial charge in [0.05, 0.1) is 6.04 Å². The number of halogens is 1. The van der Waals surface area contributed by atoms with E-state index in [0.717, 1.165) is 20.4 Å². The zero-order chi connectivity index (χ0) is 17.5. The quantitative estimate of drug-likeness (QED) is 0.827. The minimum Gasteiger partial charge on any atom is -0.450 e. The second-order valence-electron chi connectivity index (χ2n) is 5.52. The largest absolute Gasteiger partial charge is 0.503 e. The summed E-state index contributed by atoms with van der Waals surface area (Å²) in [6, 6.07) is 8.29. The molecule has 0 saturated heterocycles. The highest BCUT2D eigenvalue weighted by molar-refractivity contribution is 7.12. The number of benzene rings is 1. The van der Waals surface area contributed by atoms with Crippen LogP contribution < -0.4 is 4.80 Å². The Labute approximate surface area is 149 Å². The monoisotopic (exact) mass is 369 g/mol. The van der Waals surface area contributed by atoms with E-state index in [-0.39, 0.29) is 0 Å². The van der Waals surface area contributed by atoms with Gasteiger partial charge >= 0.3 is 6.16 Å². The van der Waals surface area contributed by atoms with E-state index < -0.39 is 6.16 Å². The molecule has 1 aliphatic rings. The minimum absolute atomic E-state index is 0.480. The molecule has 1 saturated carbocycles. The second kappa shape index (κ2) is 8.84. The lowest BCUT2D eigenvalue weighted by atomic mass is 9.96. The third kappa shape index (κ3) is 5.65. The lowest BCUT2D eigenvalue weighted by molar-refractivity contribution is 0.137. The Morgan fingerprint density at radius 2 is 1.83 bits per heavy atom. The Bertz CT molecular complexity index is 730.